The summed E-state index contributed by atoms with van der Waals surface area (Å²) in [6, 6.07) is 12.5. The highest BCUT2D eigenvalue weighted by atomic mass is 32.2. The number of hydrogen-bond acceptors (Lipinski definition) is 4. The highest BCUT2D eigenvalue weighted by molar-refractivity contribution is 7.92. The van der Waals surface area contributed by atoms with Crippen LogP contribution in [0.3, 0.4) is 0 Å². The first-order chi connectivity index (χ1) is 11.8. The largest absolute Gasteiger partial charge is 0.311 e. The molecule has 2 aromatic carbocycles. The van der Waals surface area contributed by atoms with Crippen LogP contribution in [-0.2, 0) is 17.1 Å². The summed E-state index contributed by atoms with van der Waals surface area (Å²) in [5, 5.41) is 9.38. The zero-order valence-electron chi connectivity index (χ0n) is 13.0. The maximum atomic E-state index is 14.0. The van der Waals surface area contributed by atoms with E-state index in [2.05, 4.69) is 4.72 Å². The molecule has 3 aromatic rings. The topological polar surface area (TPSA) is 92.0 Å². The fourth-order valence-corrected chi connectivity index (χ4v) is 3.56. The van der Waals surface area contributed by atoms with Crippen LogP contribution in [0.4, 0.5) is 10.1 Å². The van der Waals surface area contributed by atoms with E-state index in [-0.39, 0.29) is 16.8 Å². The lowest BCUT2D eigenvalue weighted by Gasteiger charge is -2.11. The molecule has 0 fully saturated rings. The van der Waals surface area contributed by atoms with Crippen molar-refractivity contribution in [2.75, 3.05) is 4.72 Å². The summed E-state index contributed by atoms with van der Waals surface area (Å²) in [4.78, 5) is 11.1. The Morgan fingerprint density at radius 1 is 1.12 bits per heavy atom. The Morgan fingerprint density at radius 3 is 2.56 bits per heavy atom. The molecule has 8 heteroatoms. The van der Waals surface area contributed by atoms with Crippen LogP contribution in [0.1, 0.15) is 5.56 Å². The van der Waals surface area contributed by atoms with Gasteiger partial charge in [0, 0.05) is 24.2 Å². The quantitative estimate of drug-likeness (QED) is 0.779. The number of aromatic nitrogens is 1. The van der Waals surface area contributed by atoms with Crippen molar-refractivity contribution in [2.24, 2.45) is 7.05 Å². The molecule has 0 aliphatic heterocycles. The van der Waals surface area contributed by atoms with Gasteiger partial charge in [-0.15, -0.1) is 0 Å². The lowest BCUT2D eigenvalue weighted by molar-refractivity contribution is 0.570. The molecule has 0 aliphatic rings. The Morgan fingerprint density at radius 2 is 1.88 bits per heavy atom. The molecule has 0 unspecified atom stereocenters. The summed E-state index contributed by atoms with van der Waals surface area (Å²) >= 11 is 0. The van der Waals surface area contributed by atoms with Crippen molar-refractivity contribution < 1.29 is 12.8 Å². The number of rotatable bonds is 3. The fourth-order valence-electron chi connectivity index (χ4n) is 2.45. The van der Waals surface area contributed by atoms with Crippen LogP contribution in [0.2, 0.25) is 0 Å². The second-order valence-corrected chi connectivity index (χ2v) is 7.02. The number of hydrogen-bond donors (Lipinski definition) is 1. The zero-order valence-corrected chi connectivity index (χ0v) is 13.8. The Bertz CT molecular complexity index is 1190. The molecule has 1 aromatic heterocycles. The molecular formula is C17H12FN3O3S. The maximum Gasteiger partial charge on any atom is 0.264 e. The second kappa shape index (κ2) is 6.03. The van der Waals surface area contributed by atoms with Crippen molar-refractivity contribution in [3.8, 4) is 6.07 Å². The van der Waals surface area contributed by atoms with Gasteiger partial charge in [-0.05, 0) is 42.5 Å². The van der Waals surface area contributed by atoms with Gasteiger partial charge < -0.3 is 4.57 Å². The molecule has 1 heterocycles. The smallest absolute Gasteiger partial charge is 0.264 e. The monoisotopic (exact) mass is 357 g/mol. The van der Waals surface area contributed by atoms with Gasteiger partial charge in [0.2, 0.25) is 0 Å². The average molecular weight is 357 g/mol. The Balaban J connectivity index is 2.01. The average Bonchev–Trinajstić information content (AvgIpc) is 2.57. The predicted octanol–water partition coefficient (Wildman–Crippen LogP) is 2.35. The number of halogens is 1. The molecule has 1 N–H and O–H groups in total. The van der Waals surface area contributed by atoms with E-state index in [0.29, 0.717) is 10.9 Å². The van der Waals surface area contributed by atoms with Crippen LogP contribution in [0, 0.1) is 17.1 Å². The van der Waals surface area contributed by atoms with E-state index in [1.54, 1.807) is 31.3 Å². The van der Waals surface area contributed by atoms with Gasteiger partial charge in [-0.2, -0.15) is 5.26 Å². The predicted molar refractivity (Wildman–Crippen MR) is 91.1 cm³/mol. The van der Waals surface area contributed by atoms with Crippen molar-refractivity contribution in [1.82, 2.24) is 4.57 Å². The minimum atomic E-state index is -4.16. The van der Waals surface area contributed by atoms with Crippen molar-refractivity contribution in [3.05, 3.63) is 70.3 Å². The van der Waals surface area contributed by atoms with Crippen molar-refractivity contribution in [2.45, 2.75) is 4.90 Å². The molecule has 0 bridgehead atoms. The van der Waals surface area contributed by atoms with Gasteiger partial charge in [0.1, 0.15) is 10.7 Å². The Hall–Kier alpha value is -3.18. The Labute approximate surface area is 142 Å². The number of sulfonamides is 1. The van der Waals surface area contributed by atoms with E-state index >= 15 is 0 Å². The van der Waals surface area contributed by atoms with Crippen LogP contribution >= 0.6 is 0 Å². The molecule has 0 atom stereocenters. The SMILES string of the molecule is Cn1c(=O)ccc2cc(NS(=O)(=O)c3ccc(C#N)cc3F)ccc21. The number of pyridine rings is 1. The van der Waals surface area contributed by atoms with Gasteiger partial charge in [-0.3, -0.25) is 9.52 Å². The van der Waals surface area contributed by atoms with Crippen molar-refractivity contribution in [1.29, 1.82) is 5.26 Å². The first-order valence-corrected chi connectivity index (χ1v) is 8.62. The summed E-state index contributed by atoms with van der Waals surface area (Å²) < 4.78 is 42.5. The van der Waals surface area contributed by atoms with Crippen LogP contribution < -0.4 is 10.3 Å². The molecular weight excluding hydrogens is 345 g/mol. The van der Waals surface area contributed by atoms with Gasteiger partial charge >= 0.3 is 0 Å². The lowest BCUT2D eigenvalue weighted by atomic mass is 10.2. The van der Waals surface area contributed by atoms with Crippen LogP contribution in [0.15, 0.2) is 58.2 Å². The first-order valence-electron chi connectivity index (χ1n) is 7.14. The standard InChI is InChI=1S/C17H12FN3O3S/c1-21-15-5-4-13(9-12(15)3-7-17(21)22)20-25(23,24)16-6-2-11(10-19)8-14(16)18/h2-9,20H,1H3. The fraction of sp³-hybridized carbons (Fsp3) is 0.0588. The van der Waals surface area contributed by atoms with E-state index in [1.165, 1.54) is 22.8 Å². The molecule has 0 amide bonds. The Kier molecular flexibility index (Phi) is 4.02. The number of nitrogens with one attached hydrogen (secondary N) is 1. The number of aryl methyl sites for hydroxylation is 1. The molecule has 0 aliphatic carbocycles. The van der Waals surface area contributed by atoms with Crippen molar-refractivity contribution in [3.63, 3.8) is 0 Å². The molecule has 25 heavy (non-hydrogen) atoms. The third-order valence-corrected chi connectivity index (χ3v) is 5.14. The van der Waals surface area contributed by atoms with Gasteiger partial charge in [0.25, 0.3) is 15.6 Å². The summed E-state index contributed by atoms with van der Waals surface area (Å²) in [6.45, 7) is 0. The van der Waals surface area contributed by atoms with Gasteiger partial charge in [-0.25, -0.2) is 12.8 Å². The third-order valence-electron chi connectivity index (χ3n) is 3.73. The van der Waals surface area contributed by atoms with E-state index in [9.17, 15) is 17.6 Å². The molecule has 0 saturated carbocycles. The van der Waals surface area contributed by atoms with E-state index in [1.807, 2.05) is 0 Å². The normalized spacial score (nSPS) is 11.2. The number of benzene rings is 2. The van der Waals surface area contributed by atoms with Crippen molar-refractivity contribution >= 4 is 26.6 Å². The van der Waals surface area contributed by atoms with Gasteiger partial charge in [0.15, 0.2) is 0 Å². The summed E-state index contributed by atoms with van der Waals surface area (Å²) in [5.41, 5.74) is 0.721. The molecule has 0 saturated heterocycles. The number of fused-ring (bicyclic) bond motifs is 1. The van der Waals surface area contributed by atoms with Gasteiger partial charge in [0.05, 0.1) is 17.1 Å². The molecule has 6 nitrogen and oxygen atoms in total. The molecule has 126 valence electrons. The van der Waals surface area contributed by atoms with E-state index < -0.39 is 20.7 Å². The number of nitriles is 1. The summed E-state index contributed by atoms with van der Waals surface area (Å²) in [7, 11) is -2.55. The highest BCUT2D eigenvalue weighted by Crippen LogP contribution is 2.22. The summed E-state index contributed by atoms with van der Waals surface area (Å²) in [5.74, 6) is -1.00. The highest BCUT2D eigenvalue weighted by Gasteiger charge is 2.19. The van der Waals surface area contributed by atoms with Crippen LogP contribution in [-0.4, -0.2) is 13.0 Å². The molecule has 3 rings (SSSR count). The van der Waals surface area contributed by atoms with E-state index in [0.717, 1.165) is 12.1 Å². The van der Waals surface area contributed by atoms with Gasteiger partial charge in [-0.1, -0.05) is 0 Å². The van der Waals surface area contributed by atoms with E-state index in [4.69, 9.17) is 5.26 Å². The lowest BCUT2D eigenvalue weighted by Crippen LogP contribution is -2.16. The van der Waals surface area contributed by atoms with Crippen LogP contribution in [0.5, 0.6) is 0 Å². The summed E-state index contributed by atoms with van der Waals surface area (Å²) in [6.07, 6.45) is 0. The third kappa shape index (κ3) is 3.09. The zero-order chi connectivity index (χ0) is 18.2. The number of anilines is 1. The molecule has 0 spiro atoms. The second-order valence-electron chi connectivity index (χ2n) is 5.37. The van der Waals surface area contributed by atoms with Crippen LogP contribution in [0.25, 0.3) is 10.9 Å². The first kappa shape index (κ1) is 16.7. The minimum Gasteiger partial charge on any atom is -0.311 e. The minimum absolute atomic E-state index is 0.0306. The maximum absolute atomic E-state index is 14.0. The number of nitrogens with zero attached hydrogens (tertiary/aromatic N) is 2. The molecule has 0 radical (unpaired) electrons.